The molecule has 0 rings (SSSR count). The third kappa shape index (κ3) is 5.64. The van der Waals surface area contributed by atoms with Crippen LogP contribution in [0.15, 0.2) is 0 Å². The van der Waals surface area contributed by atoms with Crippen LogP contribution in [0, 0.1) is 5.41 Å². The van der Waals surface area contributed by atoms with Gasteiger partial charge in [-0.25, -0.2) is 0 Å². The minimum atomic E-state index is -0.466. The van der Waals surface area contributed by atoms with Gasteiger partial charge in [0.25, 0.3) is 0 Å². The summed E-state index contributed by atoms with van der Waals surface area (Å²) in [6.07, 6.45) is -0.394. The van der Waals surface area contributed by atoms with E-state index >= 15 is 0 Å². The van der Waals surface area contributed by atoms with Crippen molar-refractivity contribution in [2.24, 2.45) is 5.41 Å². The molecule has 0 amide bonds. The highest BCUT2D eigenvalue weighted by Gasteiger charge is 2.25. The molecule has 1 atom stereocenters. The van der Waals surface area contributed by atoms with Gasteiger partial charge in [0.2, 0.25) is 0 Å². The lowest BCUT2D eigenvalue weighted by atomic mass is 9.97. The smallest absolute Gasteiger partial charge is 0.313 e. The third-order valence-corrected chi connectivity index (χ3v) is 1.35. The summed E-state index contributed by atoms with van der Waals surface area (Å²) in [6, 6.07) is 0. The predicted molar refractivity (Wildman–Crippen MR) is 51.2 cm³/mol. The Bertz CT molecular complexity index is 167. The van der Waals surface area contributed by atoms with Gasteiger partial charge in [-0.2, -0.15) is 0 Å². The van der Waals surface area contributed by atoms with E-state index in [4.69, 9.17) is 9.47 Å². The first-order valence-electron chi connectivity index (χ1n) is 4.60. The molecule has 0 spiro atoms. The van der Waals surface area contributed by atoms with Gasteiger partial charge in [0.15, 0.2) is 6.29 Å². The van der Waals surface area contributed by atoms with Gasteiger partial charge in [-0.05, 0) is 41.5 Å². The number of carbonyl (C=O) groups excluding carboxylic acids is 1. The van der Waals surface area contributed by atoms with Crippen molar-refractivity contribution >= 4 is 5.97 Å². The summed E-state index contributed by atoms with van der Waals surface area (Å²) in [5.74, 6) is -0.236. The fraction of sp³-hybridized carbons (Fsp3) is 0.900. The van der Waals surface area contributed by atoms with E-state index in [-0.39, 0.29) is 12.1 Å². The molecule has 13 heavy (non-hydrogen) atoms. The van der Waals surface area contributed by atoms with E-state index < -0.39 is 11.7 Å². The zero-order valence-electron chi connectivity index (χ0n) is 9.38. The standard InChI is InChI=1S/C10H20O3/c1-7(2)12-8(3)13-9(11)10(4,5)6/h7-8H,1-6H3. The maximum Gasteiger partial charge on any atom is 0.313 e. The molecular formula is C10H20O3. The van der Waals surface area contributed by atoms with Gasteiger partial charge in [0, 0.05) is 0 Å². The van der Waals surface area contributed by atoms with Crippen LogP contribution in [-0.4, -0.2) is 18.4 Å². The topological polar surface area (TPSA) is 35.5 Å². The van der Waals surface area contributed by atoms with Crippen molar-refractivity contribution in [3.05, 3.63) is 0 Å². The van der Waals surface area contributed by atoms with Crippen LogP contribution < -0.4 is 0 Å². The molecule has 3 heteroatoms. The van der Waals surface area contributed by atoms with Gasteiger partial charge >= 0.3 is 5.97 Å². The zero-order valence-corrected chi connectivity index (χ0v) is 9.38. The molecule has 0 saturated heterocycles. The van der Waals surface area contributed by atoms with Gasteiger partial charge in [0.05, 0.1) is 11.5 Å². The van der Waals surface area contributed by atoms with E-state index in [1.165, 1.54) is 0 Å². The van der Waals surface area contributed by atoms with Crippen LogP contribution >= 0.6 is 0 Å². The number of carbonyl (C=O) groups is 1. The molecule has 0 saturated carbocycles. The molecule has 1 unspecified atom stereocenters. The number of esters is 1. The summed E-state index contributed by atoms with van der Waals surface area (Å²) in [6.45, 7) is 11.0. The second-order valence-electron chi connectivity index (χ2n) is 4.41. The van der Waals surface area contributed by atoms with E-state index in [1.807, 2.05) is 34.6 Å². The van der Waals surface area contributed by atoms with E-state index in [9.17, 15) is 4.79 Å². The van der Waals surface area contributed by atoms with Crippen LogP contribution in [0.2, 0.25) is 0 Å². The van der Waals surface area contributed by atoms with Gasteiger partial charge in [0.1, 0.15) is 0 Å². The van der Waals surface area contributed by atoms with E-state index in [2.05, 4.69) is 0 Å². The Morgan fingerprint density at radius 3 is 1.92 bits per heavy atom. The fourth-order valence-corrected chi connectivity index (χ4v) is 0.739. The molecule has 0 radical (unpaired) electrons. The highest BCUT2D eigenvalue weighted by atomic mass is 16.7. The summed E-state index contributed by atoms with van der Waals surface area (Å²) in [5, 5.41) is 0. The molecule has 0 aromatic carbocycles. The Labute approximate surface area is 80.4 Å². The van der Waals surface area contributed by atoms with Crippen LogP contribution in [0.4, 0.5) is 0 Å². The average molecular weight is 188 g/mol. The summed E-state index contributed by atoms with van der Waals surface area (Å²) < 4.78 is 10.3. The summed E-state index contributed by atoms with van der Waals surface area (Å²) >= 11 is 0. The molecule has 78 valence electrons. The molecule has 0 aromatic rings. The Morgan fingerprint density at radius 1 is 1.15 bits per heavy atom. The maximum absolute atomic E-state index is 11.4. The maximum atomic E-state index is 11.4. The molecule has 0 heterocycles. The number of hydrogen-bond donors (Lipinski definition) is 0. The first-order chi connectivity index (χ1) is 5.73. The molecule has 0 aromatic heterocycles. The molecule has 0 aliphatic rings. The highest BCUT2D eigenvalue weighted by molar-refractivity contribution is 5.75. The van der Waals surface area contributed by atoms with E-state index in [1.54, 1.807) is 6.92 Å². The van der Waals surface area contributed by atoms with Crippen LogP contribution in [-0.2, 0) is 14.3 Å². The molecule has 0 N–H and O–H groups in total. The van der Waals surface area contributed by atoms with Crippen LogP contribution in [0.25, 0.3) is 0 Å². The van der Waals surface area contributed by atoms with Crippen molar-refractivity contribution in [2.75, 3.05) is 0 Å². The van der Waals surface area contributed by atoms with Crippen LogP contribution in [0.1, 0.15) is 41.5 Å². The monoisotopic (exact) mass is 188 g/mol. The predicted octanol–water partition coefficient (Wildman–Crippen LogP) is 2.35. The number of rotatable bonds is 3. The van der Waals surface area contributed by atoms with Crippen molar-refractivity contribution in [1.82, 2.24) is 0 Å². The molecule has 3 nitrogen and oxygen atoms in total. The third-order valence-electron chi connectivity index (χ3n) is 1.35. The van der Waals surface area contributed by atoms with Gasteiger partial charge in [-0.15, -0.1) is 0 Å². The van der Waals surface area contributed by atoms with Crippen molar-refractivity contribution < 1.29 is 14.3 Å². The largest absolute Gasteiger partial charge is 0.436 e. The number of hydrogen-bond acceptors (Lipinski definition) is 3. The van der Waals surface area contributed by atoms with Crippen molar-refractivity contribution in [1.29, 1.82) is 0 Å². The van der Waals surface area contributed by atoms with Gasteiger partial charge < -0.3 is 9.47 Å². The minimum absolute atomic E-state index is 0.0720. The summed E-state index contributed by atoms with van der Waals surface area (Å²) in [4.78, 5) is 11.4. The normalized spacial score (nSPS) is 14.4. The average Bonchev–Trinajstić information content (AvgIpc) is 1.82. The van der Waals surface area contributed by atoms with E-state index in [0.717, 1.165) is 0 Å². The second-order valence-corrected chi connectivity index (χ2v) is 4.41. The van der Waals surface area contributed by atoms with Crippen LogP contribution in [0.3, 0.4) is 0 Å². The lowest BCUT2D eigenvalue weighted by molar-refractivity contribution is -0.190. The minimum Gasteiger partial charge on any atom is -0.436 e. The van der Waals surface area contributed by atoms with Gasteiger partial charge in [-0.3, -0.25) is 4.79 Å². The molecule has 0 bridgehead atoms. The second kappa shape index (κ2) is 4.61. The highest BCUT2D eigenvalue weighted by Crippen LogP contribution is 2.16. The fourth-order valence-electron chi connectivity index (χ4n) is 0.739. The lowest BCUT2D eigenvalue weighted by Crippen LogP contribution is -2.29. The van der Waals surface area contributed by atoms with Gasteiger partial charge in [-0.1, -0.05) is 0 Å². The summed E-state index contributed by atoms with van der Waals surface area (Å²) in [7, 11) is 0. The Hall–Kier alpha value is -0.570. The Morgan fingerprint density at radius 2 is 1.62 bits per heavy atom. The Kier molecular flexibility index (Phi) is 4.40. The zero-order chi connectivity index (χ0) is 10.6. The van der Waals surface area contributed by atoms with Crippen molar-refractivity contribution in [2.45, 2.75) is 53.9 Å². The number of ether oxygens (including phenoxy) is 2. The SMILES string of the molecule is CC(C)OC(C)OC(=O)C(C)(C)C. The molecule has 0 fully saturated rings. The molecule has 0 aliphatic heterocycles. The Balaban J connectivity index is 3.93. The molecule has 0 aliphatic carbocycles. The molecular weight excluding hydrogens is 168 g/mol. The van der Waals surface area contributed by atoms with Crippen molar-refractivity contribution in [3.8, 4) is 0 Å². The first-order valence-corrected chi connectivity index (χ1v) is 4.60. The lowest BCUT2D eigenvalue weighted by Gasteiger charge is -2.22. The van der Waals surface area contributed by atoms with E-state index in [0.29, 0.717) is 0 Å². The quantitative estimate of drug-likeness (QED) is 0.503. The summed E-state index contributed by atoms with van der Waals surface area (Å²) in [5.41, 5.74) is -0.464. The van der Waals surface area contributed by atoms with Crippen molar-refractivity contribution in [3.63, 3.8) is 0 Å². The first kappa shape index (κ1) is 12.4. The van der Waals surface area contributed by atoms with Crippen LogP contribution in [0.5, 0.6) is 0 Å².